The lowest BCUT2D eigenvalue weighted by atomic mass is 9.93. The Morgan fingerprint density at radius 1 is 1.33 bits per heavy atom. The average molecular weight is 202 g/mol. The van der Waals surface area contributed by atoms with E-state index in [-0.39, 0.29) is 12.8 Å². The van der Waals surface area contributed by atoms with Gasteiger partial charge in [0, 0.05) is 20.6 Å². The average Bonchev–Trinajstić information content (AvgIpc) is 2.05. The van der Waals surface area contributed by atoms with E-state index in [0.29, 0.717) is 0 Å². The molecule has 0 aromatic heterocycles. The fourth-order valence-electron chi connectivity index (χ4n) is 0.590. The highest BCUT2D eigenvalue weighted by Crippen LogP contribution is 2.39. The third-order valence-electron chi connectivity index (χ3n) is 1.43. The van der Waals surface area contributed by atoms with Crippen LogP contribution >= 0.6 is 0 Å². The second kappa shape index (κ2) is 5.55. The molecule has 12 heavy (non-hydrogen) atoms. The summed E-state index contributed by atoms with van der Waals surface area (Å²) in [6.07, 6.45) is -2.09. The summed E-state index contributed by atoms with van der Waals surface area (Å²) in [5, 5.41) is 0. The molecule has 74 valence electrons. The Morgan fingerprint density at radius 3 is 1.75 bits per heavy atom. The van der Waals surface area contributed by atoms with Gasteiger partial charge in [-0.1, -0.05) is 0 Å². The summed E-state index contributed by atoms with van der Waals surface area (Å²) in [5.74, 6) is -2.99. The summed E-state index contributed by atoms with van der Waals surface area (Å²) in [7, 11) is 2.73. The number of alkyl halides is 3. The first kappa shape index (κ1) is 11.9. The molecule has 0 aliphatic heterocycles. The van der Waals surface area contributed by atoms with Gasteiger partial charge >= 0.3 is 10.0 Å². The van der Waals surface area contributed by atoms with Crippen LogP contribution in [0.2, 0.25) is 0 Å². The lowest BCUT2D eigenvalue weighted by Crippen LogP contribution is -2.40. The van der Waals surface area contributed by atoms with E-state index in [0.717, 1.165) is 0 Å². The molecule has 6 heteroatoms. The smallest absolute Gasteiger partial charge is 0.303 e. The standard InChI is InChI=1S/C4H5F3.C2H8O2Si/c5-3-1-2-4(3,6)7;1-3-5-4-2/h3H,1-2H2;5H2,1-2H3. The van der Waals surface area contributed by atoms with Crippen LogP contribution < -0.4 is 0 Å². The van der Waals surface area contributed by atoms with Crippen LogP contribution in [-0.4, -0.2) is 36.3 Å². The van der Waals surface area contributed by atoms with Gasteiger partial charge in [0.1, 0.15) is 0 Å². The Labute approximate surface area is 72.1 Å². The molecule has 0 bridgehead atoms. The minimum Gasteiger partial charge on any atom is -0.402 e. The highest BCUT2D eigenvalue weighted by atomic mass is 28.3. The van der Waals surface area contributed by atoms with E-state index in [1.165, 1.54) is 0 Å². The first-order valence-corrected chi connectivity index (χ1v) is 4.70. The predicted octanol–water partition coefficient (Wildman–Crippen LogP) is 1.03. The van der Waals surface area contributed by atoms with Crippen molar-refractivity contribution in [3.63, 3.8) is 0 Å². The maximum Gasteiger partial charge on any atom is 0.303 e. The molecule has 1 saturated carbocycles. The van der Waals surface area contributed by atoms with Gasteiger partial charge in [0.05, 0.1) is 0 Å². The van der Waals surface area contributed by atoms with Crippen molar-refractivity contribution < 1.29 is 22.0 Å². The van der Waals surface area contributed by atoms with Gasteiger partial charge in [-0.3, -0.25) is 0 Å². The topological polar surface area (TPSA) is 18.5 Å². The molecule has 0 amide bonds. The van der Waals surface area contributed by atoms with Gasteiger partial charge in [-0.05, 0) is 6.42 Å². The van der Waals surface area contributed by atoms with Gasteiger partial charge < -0.3 is 8.85 Å². The number of hydrogen-bond acceptors (Lipinski definition) is 2. The summed E-state index contributed by atoms with van der Waals surface area (Å²) < 4.78 is 43.9. The Hall–Kier alpha value is -0.0731. The maximum atomic E-state index is 11.6. The quantitative estimate of drug-likeness (QED) is 0.623. The third kappa shape index (κ3) is 4.08. The van der Waals surface area contributed by atoms with E-state index in [1.54, 1.807) is 14.2 Å². The van der Waals surface area contributed by atoms with Crippen molar-refractivity contribution in [2.75, 3.05) is 14.2 Å². The molecule has 0 heterocycles. The van der Waals surface area contributed by atoms with Gasteiger partial charge in [-0.25, -0.2) is 13.2 Å². The van der Waals surface area contributed by atoms with Crippen LogP contribution in [0.3, 0.4) is 0 Å². The number of rotatable bonds is 2. The summed E-state index contributed by atoms with van der Waals surface area (Å²) >= 11 is 0. The fourth-order valence-corrected chi connectivity index (χ4v) is 0.825. The third-order valence-corrected chi connectivity index (χ3v) is 1.90. The molecule has 0 aromatic rings. The summed E-state index contributed by atoms with van der Waals surface area (Å²) in [6.45, 7) is 0. The Bertz CT molecular complexity index is 121. The zero-order chi connectivity index (χ0) is 9.61. The lowest BCUT2D eigenvalue weighted by molar-refractivity contribution is -0.141. The number of halogens is 3. The Morgan fingerprint density at radius 2 is 1.75 bits per heavy atom. The van der Waals surface area contributed by atoms with Gasteiger partial charge in [0.15, 0.2) is 6.17 Å². The maximum absolute atomic E-state index is 11.6. The second-order valence-corrected chi connectivity index (χ2v) is 3.85. The first-order chi connectivity index (χ1) is 5.54. The SMILES string of the molecule is CO[SiH2]OC.FC1CCC1(F)F. The van der Waals surface area contributed by atoms with Crippen LogP contribution in [0.5, 0.6) is 0 Å². The first-order valence-electron chi connectivity index (χ1n) is 3.54. The van der Waals surface area contributed by atoms with E-state index in [9.17, 15) is 13.2 Å². The molecule has 1 unspecified atom stereocenters. The van der Waals surface area contributed by atoms with Crippen LogP contribution in [0, 0.1) is 0 Å². The lowest BCUT2D eigenvalue weighted by Gasteiger charge is -2.29. The minimum atomic E-state index is -2.99. The Kier molecular flexibility index (Phi) is 5.52. The molecule has 0 saturated heterocycles. The summed E-state index contributed by atoms with van der Waals surface area (Å²) in [4.78, 5) is 0. The predicted molar refractivity (Wildman–Crippen MR) is 41.6 cm³/mol. The molecular formula is C6H13F3O2Si. The van der Waals surface area contributed by atoms with Crippen LogP contribution in [0.1, 0.15) is 12.8 Å². The van der Waals surface area contributed by atoms with Crippen LogP contribution in [-0.2, 0) is 8.85 Å². The van der Waals surface area contributed by atoms with Crippen molar-refractivity contribution in [2.24, 2.45) is 0 Å². The zero-order valence-electron chi connectivity index (χ0n) is 7.15. The molecule has 0 spiro atoms. The molecule has 1 atom stereocenters. The van der Waals surface area contributed by atoms with E-state index < -0.39 is 22.1 Å². The summed E-state index contributed by atoms with van der Waals surface area (Å²) in [5.41, 5.74) is 0. The van der Waals surface area contributed by atoms with Crippen molar-refractivity contribution >= 4 is 10.0 Å². The van der Waals surface area contributed by atoms with Crippen molar-refractivity contribution in [3.8, 4) is 0 Å². The molecular weight excluding hydrogens is 189 g/mol. The molecule has 2 nitrogen and oxygen atoms in total. The molecule has 1 fully saturated rings. The molecule has 0 radical (unpaired) electrons. The highest BCUT2D eigenvalue weighted by Gasteiger charge is 2.48. The van der Waals surface area contributed by atoms with E-state index in [1.807, 2.05) is 0 Å². The van der Waals surface area contributed by atoms with Crippen molar-refractivity contribution in [1.82, 2.24) is 0 Å². The molecule has 0 aromatic carbocycles. The van der Waals surface area contributed by atoms with Crippen molar-refractivity contribution in [2.45, 2.75) is 24.9 Å². The molecule has 0 N–H and O–H groups in total. The largest absolute Gasteiger partial charge is 0.402 e. The summed E-state index contributed by atoms with van der Waals surface area (Å²) in [6, 6.07) is 0. The second-order valence-electron chi connectivity index (χ2n) is 2.46. The zero-order valence-corrected chi connectivity index (χ0v) is 8.56. The van der Waals surface area contributed by atoms with Gasteiger partial charge in [0.25, 0.3) is 5.92 Å². The molecule has 1 aliphatic rings. The number of hydrogen-bond donors (Lipinski definition) is 0. The van der Waals surface area contributed by atoms with Gasteiger partial charge in [-0.2, -0.15) is 0 Å². The Balaban J connectivity index is 0.000000217. The van der Waals surface area contributed by atoms with E-state index in [2.05, 4.69) is 8.85 Å². The van der Waals surface area contributed by atoms with E-state index in [4.69, 9.17) is 0 Å². The van der Waals surface area contributed by atoms with Crippen LogP contribution in [0.25, 0.3) is 0 Å². The van der Waals surface area contributed by atoms with Crippen molar-refractivity contribution in [1.29, 1.82) is 0 Å². The van der Waals surface area contributed by atoms with Gasteiger partial charge in [0.2, 0.25) is 0 Å². The highest BCUT2D eigenvalue weighted by molar-refractivity contribution is 6.17. The monoisotopic (exact) mass is 202 g/mol. The normalized spacial score (nSPS) is 25.2. The van der Waals surface area contributed by atoms with E-state index >= 15 is 0 Å². The minimum absolute atomic E-state index is 0.0347. The van der Waals surface area contributed by atoms with Crippen LogP contribution in [0.15, 0.2) is 0 Å². The van der Waals surface area contributed by atoms with Crippen LogP contribution in [0.4, 0.5) is 13.2 Å². The molecule has 1 rings (SSSR count). The fraction of sp³-hybridized carbons (Fsp3) is 1.00. The van der Waals surface area contributed by atoms with Gasteiger partial charge in [-0.15, -0.1) is 0 Å². The van der Waals surface area contributed by atoms with Crippen molar-refractivity contribution in [3.05, 3.63) is 0 Å². The molecule has 1 aliphatic carbocycles.